The van der Waals surface area contributed by atoms with Gasteiger partial charge < -0.3 is 5.73 Å². The molecule has 1 amide bonds. The predicted octanol–water partition coefficient (Wildman–Crippen LogP) is 2.56. The van der Waals surface area contributed by atoms with Crippen LogP contribution in [0.1, 0.15) is 17.5 Å². The van der Waals surface area contributed by atoms with Crippen LogP contribution in [0.2, 0.25) is 0 Å². The number of carbonyl (C=O) groups is 1. The Balaban J connectivity index is 2.81. The lowest BCUT2D eigenvalue weighted by Gasteiger charge is -2.21. The Hall–Kier alpha value is -1.60. The lowest BCUT2D eigenvalue weighted by molar-refractivity contribution is -0.138. The van der Waals surface area contributed by atoms with Gasteiger partial charge in [0.05, 0.1) is 5.56 Å². The Morgan fingerprint density at radius 1 is 1.39 bits per heavy atom. The van der Waals surface area contributed by atoms with Crippen LogP contribution in [-0.2, 0) is 17.4 Å². The molecule has 0 bridgehead atoms. The van der Waals surface area contributed by atoms with Crippen molar-refractivity contribution in [1.29, 1.82) is 0 Å². The van der Waals surface area contributed by atoms with Crippen molar-refractivity contribution in [3.05, 3.63) is 41.1 Å². The second-order valence-electron chi connectivity index (χ2n) is 3.80. The Kier molecular flexibility index (Phi) is 4.69. The average molecular weight is 261 g/mol. The van der Waals surface area contributed by atoms with Gasteiger partial charge in [-0.2, -0.15) is 13.2 Å². The van der Waals surface area contributed by atoms with Crippen LogP contribution in [0.3, 0.4) is 0 Å². The standard InChI is InChI=1S/C11H12F3N2O2/c12-11(13,14)9-4-2-1-3-7(9)5-8(15)6-10(17)16-18/h1-4,8,15,18H,5-6H2,(H,16,17)/q-1/t8-/m1/s1. The first-order valence-corrected chi connectivity index (χ1v) is 5.13. The number of nitrogens with one attached hydrogen (secondary N) is 2. The van der Waals surface area contributed by atoms with Gasteiger partial charge in [-0.25, -0.2) is 5.48 Å². The molecule has 7 heteroatoms. The lowest BCUT2D eigenvalue weighted by atomic mass is 9.98. The SMILES string of the molecule is [NH-][C@@H](CC(=O)NO)Cc1ccccc1C(F)(F)F. The van der Waals surface area contributed by atoms with Crippen LogP contribution in [0.4, 0.5) is 13.2 Å². The van der Waals surface area contributed by atoms with Crippen LogP contribution in [-0.4, -0.2) is 17.2 Å². The molecule has 0 aliphatic carbocycles. The molecule has 0 spiro atoms. The highest BCUT2D eigenvalue weighted by Crippen LogP contribution is 2.32. The topological polar surface area (TPSA) is 73.1 Å². The summed E-state index contributed by atoms with van der Waals surface area (Å²) in [6.07, 6.45) is -5.04. The summed E-state index contributed by atoms with van der Waals surface area (Å²) < 4.78 is 37.9. The lowest BCUT2D eigenvalue weighted by Crippen LogP contribution is -2.24. The van der Waals surface area contributed by atoms with Gasteiger partial charge in [0.1, 0.15) is 0 Å². The molecule has 0 saturated carbocycles. The van der Waals surface area contributed by atoms with Gasteiger partial charge in [0.15, 0.2) is 0 Å². The van der Waals surface area contributed by atoms with Gasteiger partial charge in [0.25, 0.3) is 0 Å². The van der Waals surface area contributed by atoms with Crippen LogP contribution in [0.25, 0.3) is 5.73 Å². The molecule has 1 rings (SSSR count). The van der Waals surface area contributed by atoms with E-state index in [1.54, 1.807) is 0 Å². The number of rotatable bonds is 4. The first-order valence-electron chi connectivity index (χ1n) is 5.13. The molecule has 0 aliphatic heterocycles. The number of halogens is 3. The molecule has 1 aromatic carbocycles. The highest BCUT2D eigenvalue weighted by molar-refractivity contribution is 5.75. The third-order valence-electron chi connectivity index (χ3n) is 2.35. The third kappa shape index (κ3) is 4.01. The molecule has 3 N–H and O–H groups in total. The van der Waals surface area contributed by atoms with E-state index in [0.717, 1.165) is 6.07 Å². The van der Waals surface area contributed by atoms with Gasteiger partial charge >= 0.3 is 6.18 Å². The van der Waals surface area contributed by atoms with Crippen molar-refractivity contribution in [2.24, 2.45) is 0 Å². The second kappa shape index (κ2) is 5.83. The summed E-state index contributed by atoms with van der Waals surface area (Å²) >= 11 is 0. The first kappa shape index (κ1) is 14.5. The quantitative estimate of drug-likeness (QED) is 0.645. The van der Waals surface area contributed by atoms with E-state index < -0.39 is 23.7 Å². The van der Waals surface area contributed by atoms with Gasteiger partial charge in [-0.1, -0.05) is 18.2 Å². The average Bonchev–Trinajstić information content (AvgIpc) is 2.27. The Labute approximate surface area is 102 Å². The van der Waals surface area contributed by atoms with Crippen LogP contribution >= 0.6 is 0 Å². The zero-order valence-electron chi connectivity index (χ0n) is 9.29. The first-order chi connectivity index (χ1) is 8.34. The van der Waals surface area contributed by atoms with Crippen molar-refractivity contribution in [2.75, 3.05) is 0 Å². The smallest absolute Gasteiger partial charge is 0.416 e. The number of hydroxylamine groups is 1. The molecule has 0 radical (unpaired) electrons. The van der Waals surface area contributed by atoms with Crippen molar-refractivity contribution >= 4 is 5.91 Å². The molecule has 4 nitrogen and oxygen atoms in total. The van der Waals surface area contributed by atoms with Crippen molar-refractivity contribution in [2.45, 2.75) is 25.1 Å². The van der Waals surface area contributed by atoms with Gasteiger partial charge in [-0.3, -0.25) is 10.0 Å². The number of hydrogen-bond acceptors (Lipinski definition) is 2. The highest BCUT2D eigenvalue weighted by atomic mass is 19.4. The summed E-state index contributed by atoms with van der Waals surface area (Å²) in [5.41, 5.74) is 8.02. The van der Waals surface area contributed by atoms with Gasteiger partial charge in [0.2, 0.25) is 5.91 Å². The normalized spacial score (nSPS) is 13.2. The second-order valence-corrected chi connectivity index (χ2v) is 3.80. The summed E-state index contributed by atoms with van der Waals surface area (Å²) in [6, 6.07) is 3.89. The molecule has 1 aromatic rings. The zero-order valence-corrected chi connectivity index (χ0v) is 9.29. The summed E-state index contributed by atoms with van der Waals surface area (Å²) in [6.45, 7) is 0. The van der Waals surface area contributed by atoms with E-state index in [0.29, 0.717) is 0 Å². The number of hydrogen-bond donors (Lipinski definition) is 2. The Morgan fingerprint density at radius 2 is 2.00 bits per heavy atom. The Morgan fingerprint density at radius 3 is 2.56 bits per heavy atom. The molecule has 100 valence electrons. The Bertz CT molecular complexity index is 421. The van der Waals surface area contributed by atoms with Crippen molar-refractivity contribution in [3.63, 3.8) is 0 Å². The van der Waals surface area contributed by atoms with E-state index in [-0.39, 0.29) is 18.4 Å². The molecule has 0 heterocycles. The molecule has 18 heavy (non-hydrogen) atoms. The fraction of sp³-hybridized carbons (Fsp3) is 0.364. The maximum Gasteiger partial charge on any atom is 0.416 e. The predicted molar refractivity (Wildman–Crippen MR) is 57.8 cm³/mol. The van der Waals surface area contributed by atoms with Crippen LogP contribution in [0.5, 0.6) is 0 Å². The number of amides is 1. The fourth-order valence-electron chi connectivity index (χ4n) is 1.58. The fourth-order valence-corrected chi connectivity index (χ4v) is 1.58. The van der Waals surface area contributed by atoms with E-state index in [2.05, 4.69) is 0 Å². The molecular formula is C11H12F3N2O2-. The minimum Gasteiger partial charge on any atom is -0.674 e. The van der Waals surface area contributed by atoms with Crippen LogP contribution in [0.15, 0.2) is 24.3 Å². The number of carbonyl (C=O) groups excluding carboxylic acids is 1. The maximum atomic E-state index is 12.6. The molecular weight excluding hydrogens is 249 g/mol. The van der Waals surface area contributed by atoms with E-state index in [9.17, 15) is 18.0 Å². The summed E-state index contributed by atoms with van der Waals surface area (Å²) in [7, 11) is 0. The zero-order chi connectivity index (χ0) is 13.8. The molecule has 0 aromatic heterocycles. The maximum absolute atomic E-state index is 12.6. The van der Waals surface area contributed by atoms with E-state index in [4.69, 9.17) is 10.9 Å². The highest BCUT2D eigenvalue weighted by Gasteiger charge is 2.32. The largest absolute Gasteiger partial charge is 0.674 e. The number of alkyl halides is 3. The minimum absolute atomic E-state index is 0.0317. The third-order valence-corrected chi connectivity index (χ3v) is 2.35. The van der Waals surface area contributed by atoms with Gasteiger partial charge in [-0.15, -0.1) is 6.04 Å². The number of benzene rings is 1. The minimum atomic E-state index is -4.48. The molecule has 0 aliphatic rings. The summed E-state index contributed by atoms with van der Waals surface area (Å²) in [5, 5.41) is 8.27. The van der Waals surface area contributed by atoms with E-state index in [1.165, 1.54) is 23.7 Å². The summed E-state index contributed by atoms with van der Waals surface area (Å²) in [5.74, 6) is -0.792. The van der Waals surface area contributed by atoms with Crippen LogP contribution < -0.4 is 5.48 Å². The van der Waals surface area contributed by atoms with Gasteiger partial charge in [0, 0.05) is 6.42 Å². The van der Waals surface area contributed by atoms with Crippen LogP contribution in [0, 0.1) is 0 Å². The van der Waals surface area contributed by atoms with E-state index >= 15 is 0 Å². The van der Waals surface area contributed by atoms with Crippen molar-refractivity contribution in [1.82, 2.24) is 5.48 Å². The molecule has 1 atom stereocenters. The van der Waals surface area contributed by atoms with E-state index in [1.807, 2.05) is 0 Å². The van der Waals surface area contributed by atoms with Gasteiger partial charge in [-0.05, 0) is 18.1 Å². The molecule has 0 fully saturated rings. The molecule has 0 unspecified atom stereocenters. The van der Waals surface area contributed by atoms with Crippen molar-refractivity contribution in [3.8, 4) is 0 Å². The molecule has 0 saturated heterocycles. The monoisotopic (exact) mass is 261 g/mol. The summed E-state index contributed by atoms with van der Waals surface area (Å²) in [4.78, 5) is 10.8. The van der Waals surface area contributed by atoms with Crippen molar-refractivity contribution < 1.29 is 23.2 Å².